The molecule has 1 aliphatic carbocycles. The summed E-state index contributed by atoms with van der Waals surface area (Å²) >= 11 is 0. The second-order valence-electron chi connectivity index (χ2n) is 4.83. The molecule has 0 bridgehead atoms. The summed E-state index contributed by atoms with van der Waals surface area (Å²) in [7, 11) is 3.14. The van der Waals surface area contributed by atoms with Gasteiger partial charge in [0.1, 0.15) is 0 Å². The summed E-state index contributed by atoms with van der Waals surface area (Å²) < 4.78 is 20.9. The molecule has 19 heavy (non-hydrogen) atoms. The third kappa shape index (κ3) is 6.89. The summed E-state index contributed by atoms with van der Waals surface area (Å²) in [5, 5.41) is 0. The van der Waals surface area contributed by atoms with Gasteiger partial charge in [0.05, 0.1) is 32.3 Å². The molecular weight excluding hydrogens is 248 g/mol. The molecule has 5 heteroatoms. The standard InChI is InChI=1S/C14H26O5/c1-16-8-3-9-18-10-11-19-13-6-4-12(5-7-13)14(15)17-2/h12-13H,3-11H2,1-2H3. The van der Waals surface area contributed by atoms with E-state index in [4.69, 9.17) is 18.9 Å². The summed E-state index contributed by atoms with van der Waals surface area (Å²) in [5.41, 5.74) is 0. The first kappa shape index (κ1) is 16.4. The number of methoxy groups -OCH3 is 2. The monoisotopic (exact) mass is 274 g/mol. The van der Waals surface area contributed by atoms with Crippen LogP contribution in [0.25, 0.3) is 0 Å². The topological polar surface area (TPSA) is 54.0 Å². The highest BCUT2D eigenvalue weighted by molar-refractivity contribution is 5.72. The highest BCUT2D eigenvalue weighted by Gasteiger charge is 2.27. The maximum Gasteiger partial charge on any atom is 0.308 e. The van der Waals surface area contributed by atoms with E-state index < -0.39 is 0 Å². The second kappa shape index (κ2) is 10.2. The minimum atomic E-state index is -0.0834. The molecule has 0 unspecified atom stereocenters. The molecule has 0 aromatic carbocycles. The number of hydrogen-bond donors (Lipinski definition) is 0. The van der Waals surface area contributed by atoms with Crippen molar-refractivity contribution in [1.82, 2.24) is 0 Å². The van der Waals surface area contributed by atoms with Gasteiger partial charge in [-0.25, -0.2) is 0 Å². The smallest absolute Gasteiger partial charge is 0.308 e. The van der Waals surface area contributed by atoms with Crippen molar-refractivity contribution in [1.29, 1.82) is 0 Å². The van der Waals surface area contributed by atoms with Crippen molar-refractivity contribution in [2.24, 2.45) is 5.92 Å². The molecule has 112 valence electrons. The molecule has 1 aliphatic rings. The molecule has 0 radical (unpaired) electrons. The molecule has 0 N–H and O–H groups in total. The molecule has 0 heterocycles. The van der Waals surface area contributed by atoms with Gasteiger partial charge >= 0.3 is 5.97 Å². The largest absolute Gasteiger partial charge is 0.469 e. The number of ether oxygens (including phenoxy) is 4. The normalized spacial score (nSPS) is 23.3. The van der Waals surface area contributed by atoms with Crippen molar-refractivity contribution in [3.8, 4) is 0 Å². The lowest BCUT2D eigenvalue weighted by Gasteiger charge is -2.26. The quantitative estimate of drug-likeness (QED) is 0.474. The third-order valence-electron chi connectivity index (χ3n) is 3.43. The van der Waals surface area contributed by atoms with Crippen LogP contribution < -0.4 is 0 Å². The predicted molar refractivity (Wildman–Crippen MR) is 71.0 cm³/mol. The van der Waals surface area contributed by atoms with Crippen LogP contribution in [-0.4, -0.2) is 52.7 Å². The van der Waals surface area contributed by atoms with Crippen LogP contribution in [-0.2, 0) is 23.7 Å². The van der Waals surface area contributed by atoms with E-state index >= 15 is 0 Å². The van der Waals surface area contributed by atoms with E-state index in [1.54, 1.807) is 7.11 Å². The zero-order valence-electron chi connectivity index (χ0n) is 12.1. The van der Waals surface area contributed by atoms with Crippen LogP contribution in [0.2, 0.25) is 0 Å². The maximum atomic E-state index is 11.4. The molecule has 0 amide bonds. The fourth-order valence-corrected chi connectivity index (χ4v) is 2.31. The Hall–Kier alpha value is -0.650. The second-order valence-corrected chi connectivity index (χ2v) is 4.83. The summed E-state index contributed by atoms with van der Waals surface area (Å²) in [6, 6.07) is 0. The fourth-order valence-electron chi connectivity index (χ4n) is 2.31. The summed E-state index contributed by atoms with van der Waals surface area (Å²) in [4.78, 5) is 11.4. The average Bonchev–Trinajstić information content (AvgIpc) is 2.46. The van der Waals surface area contributed by atoms with Crippen LogP contribution in [0.15, 0.2) is 0 Å². The molecule has 1 rings (SSSR count). The number of carbonyl (C=O) groups is 1. The molecule has 0 atom stereocenters. The van der Waals surface area contributed by atoms with Gasteiger partial charge < -0.3 is 18.9 Å². The Morgan fingerprint density at radius 1 is 1.00 bits per heavy atom. The Labute approximate surface area is 115 Å². The molecule has 1 fully saturated rings. The summed E-state index contributed by atoms with van der Waals surface area (Å²) in [6.07, 6.45) is 4.79. The highest BCUT2D eigenvalue weighted by Crippen LogP contribution is 2.26. The van der Waals surface area contributed by atoms with Gasteiger partial charge in [-0.05, 0) is 32.1 Å². The van der Waals surface area contributed by atoms with Crippen molar-refractivity contribution in [3.63, 3.8) is 0 Å². The van der Waals surface area contributed by atoms with Gasteiger partial charge in [-0.2, -0.15) is 0 Å². The lowest BCUT2D eigenvalue weighted by atomic mass is 9.87. The van der Waals surface area contributed by atoms with Crippen molar-refractivity contribution in [2.45, 2.75) is 38.2 Å². The SMILES string of the molecule is COCCCOCCOC1CCC(C(=O)OC)CC1. The van der Waals surface area contributed by atoms with Gasteiger partial charge in [-0.3, -0.25) is 4.79 Å². The molecule has 0 aliphatic heterocycles. The van der Waals surface area contributed by atoms with Gasteiger partial charge in [0.25, 0.3) is 0 Å². The minimum absolute atomic E-state index is 0.0649. The average molecular weight is 274 g/mol. The molecule has 1 saturated carbocycles. The highest BCUT2D eigenvalue weighted by atomic mass is 16.5. The van der Waals surface area contributed by atoms with Gasteiger partial charge in [0, 0.05) is 20.3 Å². The number of esters is 1. The van der Waals surface area contributed by atoms with E-state index in [1.807, 2.05) is 0 Å². The maximum absolute atomic E-state index is 11.4. The van der Waals surface area contributed by atoms with Crippen molar-refractivity contribution in [2.75, 3.05) is 40.6 Å². The molecular formula is C14H26O5. The fraction of sp³-hybridized carbons (Fsp3) is 0.929. The first-order valence-electron chi connectivity index (χ1n) is 7.04. The van der Waals surface area contributed by atoms with Crippen molar-refractivity contribution < 1.29 is 23.7 Å². The van der Waals surface area contributed by atoms with E-state index in [0.717, 1.165) is 38.7 Å². The molecule has 0 aromatic rings. The van der Waals surface area contributed by atoms with Crippen LogP contribution in [0.5, 0.6) is 0 Å². The Balaban J connectivity index is 1.96. The van der Waals surface area contributed by atoms with E-state index in [0.29, 0.717) is 19.8 Å². The van der Waals surface area contributed by atoms with Gasteiger partial charge in [-0.1, -0.05) is 0 Å². The van der Waals surface area contributed by atoms with Crippen molar-refractivity contribution >= 4 is 5.97 Å². The van der Waals surface area contributed by atoms with Crippen LogP contribution in [0.3, 0.4) is 0 Å². The zero-order valence-corrected chi connectivity index (χ0v) is 12.1. The minimum Gasteiger partial charge on any atom is -0.469 e. The lowest BCUT2D eigenvalue weighted by Crippen LogP contribution is -2.27. The number of hydrogen-bond acceptors (Lipinski definition) is 5. The first-order valence-corrected chi connectivity index (χ1v) is 7.04. The predicted octanol–water partition coefficient (Wildman–Crippen LogP) is 1.79. The molecule has 0 spiro atoms. The molecule has 5 nitrogen and oxygen atoms in total. The van der Waals surface area contributed by atoms with Crippen LogP contribution in [0.1, 0.15) is 32.1 Å². The lowest BCUT2D eigenvalue weighted by molar-refractivity contribution is -0.147. The van der Waals surface area contributed by atoms with Crippen LogP contribution in [0.4, 0.5) is 0 Å². The van der Waals surface area contributed by atoms with Gasteiger partial charge in [0.15, 0.2) is 0 Å². The van der Waals surface area contributed by atoms with Crippen LogP contribution in [0, 0.1) is 5.92 Å². The number of carbonyl (C=O) groups excluding carboxylic acids is 1. The van der Waals surface area contributed by atoms with E-state index in [1.165, 1.54) is 7.11 Å². The molecule has 0 aromatic heterocycles. The Kier molecular flexibility index (Phi) is 8.79. The Bertz CT molecular complexity index is 236. The van der Waals surface area contributed by atoms with Gasteiger partial charge in [0.2, 0.25) is 0 Å². The van der Waals surface area contributed by atoms with Gasteiger partial charge in [-0.15, -0.1) is 0 Å². The third-order valence-corrected chi connectivity index (χ3v) is 3.43. The van der Waals surface area contributed by atoms with Crippen LogP contribution >= 0.6 is 0 Å². The summed E-state index contributed by atoms with van der Waals surface area (Å²) in [5.74, 6) is -0.0185. The van der Waals surface area contributed by atoms with E-state index in [2.05, 4.69) is 0 Å². The van der Waals surface area contributed by atoms with Crippen molar-refractivity contribution in [3.05, 3.63) is 0 Å². The Morgan fingerprint density at radius 3 is 2.37 bits per heavy atom. The first-order chi connectivity index (χ1) is 9.27. The zero-order chi connectivity index (χ0) is 13.9. The molecule has 0 saturated heterocycles. The van der Waals surface area contributed by atoms with E-state index in [9.17, 15) is 4.79 Å². The van der Waals surface area contributed by atoms with E-state index in [-0.39, 0.29) is 18.0 Å². The summed E-state index contributed by atoms with van der Waals surface area (Å²) in [6.45, 7) is 2.70. The Morgan fingerprint density at radius 2 is 1.74 bits per heavy atom. The number of rotatable bonds is 9.